The molecule has 0 bridgehead atoms. The molecule has 14 heteroatoms. The third kappa shape index (κ3) is 6.38. The second-order valence-electron chi connectivity index (χ2n) is 11.2. The molecule has 6 rings (SSSR count). The highest BCUT2D eigenvalue weighted by Gasteiger charge is 2.28. The normalized spacial score (nSPS) is 14.1. The van der Waals surface area contributed by atoms with E-state index >= 15 is 4.39 Å². The molecular weight excluding hydrogens is 571 g/mol. The molecule has 0 atom stereocenters. The predicted octanol–water partition coefficient (Wildman–Crippen LogP) is 5.53. The summed E-state index contributed by atoms with van der Waals surface area (Å²) >= 11 is 0. The van der Waals surface area contributed by atoms with Crippen LogP contribution in [0.5, 0.6) is 23.1 Å². The molecule has 1 fully saturated rings. The molecule has 1 aliphatic rings. The van der Waals surface area contributed by atoms with Crippen LogP contribution in [0.25, 0.3) is 16.6 Å². The first kappa shape index (κ1) is 28.8. The van der Waals surface area contributed by atoms with E-state index in [1.165, 1.54) is 31.1 Å². The van der Waals surface area contributed by atoms with E-state index in [1.807, 2.05) is 20.8 Å². The fourth-order valence-corrected chi connectivity index (χ4v) is 4.75. The average molecular weight is 603 g/mol. The Kier molecular flexibility index (Phi) is 7.72. The van der Waals surface area contributed by atoms with Crippen molar-refractivity contribution < 1.29 is 28.1 Å². The lowest BCUT2D eigenvalue weighted by Gasteiger charge is -2.33. The minimum Gasteiger partial charge on any atom is -0.493 e. The molecule has 0 spiro atoms. The summed E-state index contributed by atoms with van der Waals surface area (Å²) in [6, 6.07) is 9.60. The Balaban J connectivity index is 1.17. The highest BCUT2D eigenvalue weighted by atomic mass is 19.1. The largest absolute Gasteiger partial charge is 0.493 e. The van der Waals surface area contributed by atoms with Crippen molar-refractivity contribution in [2.45, 2.75) is 45.3 Å². The van der Waals surface area contributed by atoms with Crippen molar-refractivity contribution in [1.29, 1.82) is 0 Å². The summed E-state index contributed by atoms with van der Waals surface area (Å²) in [4.78, 5) is 27.1. The number of likely N-dealkylation sites (tertiary alicyclic amines) is 1. The van der Waals surface area contributed by atoms with Crippen LogP contribution in [0.3, 0.4) is 0 Å². The maximum Gasteiger partial charge on any atom is 0.410 e. The number of carbonyl (C=O) groups is 1. The number of halogens is 1. The number of rotatable bonds is 7. The molecule has 228 valence electrons. The summed E-state index contributed by atoms with van der Waals surface area (Å²) in [6.07, 6.45) is 5.21. The zero-order chi connectivity index (χ0) is 30.8. The van der Waals surface area contributed by atoms with Crippen LogP contribution in [-0.4, -0.2) is 72.4 Å². The number of carbonyl (C=O) groups excluding carboxylic acids is 1. The molecule has 0 saturated carbocycles. The molecule has 0 radical (unpaired) electrons. The van der Waals surface area contributed by atoms with E-state index < -0.39 is 11.4 Å². The molecule has 3 aromatic heterocycles. The Hall–Kier alpha value is -5.27. The molecule has 1 aliphatic heterocycles. The second kappa shape index (κ2) is 11.8. The number of ether oxygens (including phenoxy) is 4. The Morgan fingerprint density at radius 3 is 2.57 bits per heavy atom. The molecule has 5 aromatic rings. The lowest BCUT2D eigenvalue weighted by atomic mass is 10.1. The number of nitrogens with one attached hydrogen (secondary N) is 1. The van der Waals surface area contributed by atoms with Crippen LogP contribution in [0.15, 0.2) is 55.4 Å². The SMILES string of the molecule is COc1cc2ncnc(Nc3ccc(Oc4cc5nncn5cn4)c(F)c3)c2cc1OC1CCN(C(=O)OC(C)(C)C)CC1. The van der Waals surface area contributed by atoms with Gasteiger partial charge >= 0.3 is 6.09 Å². The van der Waals surface area contributed by atoms with Crippen LogP contribution < -0.4 is 19.5 Å². The number of anilines is 2. The van der Waals surface area contributed by atoms with Gasteiger partial charge in [0.2, 0.25) is 5.88 Å². The second-order valence-corrected chi connectivity index (χ2v) is 11.2. The van der Waals surface area contributed by atoms with Gasteiger partial charge in [-0.05, 0) is 39.0 Å². The first-order chi connectivity index (χ1) is 21.1. The van der Waals surface area contributed by atoms with E-state index in [4.69, 9.17) is 18.9 Å². The molecule has 0 aliphatic carbocycles. The van der Waals surface area contributed by atoms with E-state index in [0.717, 1.165) is 0 Å². The lowest BCUT2D eigenvalue weighted by Crippen LogP contribution is -2.44. The number of piperidine rings is 1. The first-order valence-corrected chi connectivity index (χ1v) is 14.0. The maximum atomic E-state index is 15.1. The van der Waals surface area contributed by atoms with E-state index in [0.29, 0.717) is 65.5 Å². The summed E-state index contributed by atoms with van der Waals surface area (Å²) in [5.74, 6) is 1.07. The Bertz CT molecular complexity index is 1820. The molecule has 4 heterocycles. The van der Waals surface area contributed by atoms with Crippen LogP contribution in [0.1, 0.15) is 33.6 Å². The number of aromatic nitrogens is 6. The lowest BCUT2D eigenvalue weighted by molar-refractivity contribution is 0.0124. The van der Waals surface area contributed by atoms with Gasteiger partial charge in [-0.3, -0.25) is 4.40 Å². The highest BCUT2D eigenvalue weighted by Crippen LogP contribution is 2.37. The van der Waals surface area contributed by atoms with Gasteiger partial charge in [0.15, 0.2) is 28.7 Å². The van der Waals surface area contributed by atoms with E-state index in [-0.39, 0.29) is 23.8 Å². The van der Waals surface area contributed by atoms with E-state index in [1.54, 1.807) is 40.7 Å². The van der Waals surface area contributed by atoms with Gasteiger partial charge in [0.05, 0.1) is 12.6 Å². The quantitative estimate of drug-likeness (QED) is 0.252. The maximum absolute atomic E-state index is 15.1. The van der Waals surface area contributed by atoms with Crippen molar-refractivity contribution >= 4 is 34.1 Å². The van der Waals surface area contributed by atoms with Crippen molar-refractivity contribution in [2.75, 3.05) is 25.5 Å². The average Bonchev–Trinajstić information content (AvgIpc) is 3.46. The first-order valence-electron chi connectivity index (χ1n) is 14.0. The van der Waals surface area contributed by atoms with Gasteiger partial charge in [-0.2, -0.15) is 0 Å². The Morgan fingerprint density at radius 1 is 1.00 bits per heavy atom. The third-order valence-electron chi connectivity index (χ3n) is 6.88. The number of hydrogen-bond donors (Lipinski definition) is 1. The number of nitrogens with zero attached hydrogens (tertiary/aromatic N) is 7. The number of hydrogen-bond acceptors (Lipinski definition) is 11. The van der Waals surface area contributed by atoms with Gasteiger partial charge in [-0.1, -0.05) is 0 Å². The summed E-state index contributed by atoms with van der Waals surface area (Å²) in [7, 11) is 1.56. The van der Waals surface area contributed by atoms with Crippen LogP contribution in [-0.2, 0) is 4.74 Å². The van der Waals surface area contributed by atoms with Crippen molar-refractivity contribution in [1.82, 2.24) is 34.4 Å². The molecule has 2 aromatic carbocycles. The van der Waals surface area contributed by atoms with Crippen LogP contribution in [0.2, 0.25) is 0 Å². The summed E-state index contributed by atoms with van der Waals surface area (Å²) in [6.45, 7) is 6.57. The predicted molar refractivity (Wildman–Crippen MR) is 158 cm³/mol. The fourth-order valence-electron chi connectivity index (χ4n) is 4.75. The van der Waals surface area contributed by atoms with Crippen LogP contribution >= 0.6 is 0 Å². The zero-order valence-corrected chi connectivity index (χ0v) is 24.7. The number of fused-ring (bicyclic) bond motifs is 2. The Labute approximate surface area is 252 Å². The molecular formula is C30H31FN8O5. The number of amides is 1. The van der Waals surface area contributed by atoms with Crippen LogP contribution in [0, 0.1) is 5.82 Å². The summed E-state index contributed by atoms with van der Waals surface area (Å²) in [5, 5.41) is 11.6. The molecule has 44 heavy (non-hydrogen) atoms. The third-order valence-corrected chi connectivity index (χ3v) is 6.88. The highest BCUT2D eigenvalue weighted by molar-refractivity contribution is 5.93. The van der Waals surface area contributed by atoms with Crippen LogP contribution in [0.4, 0.5) is 20.7 Å². The van der Waals surface area contributed by atoms with Crippen molar-refractivity contribution in [3.05, 3.63) is 61.2 Å². The van der Waals surface area contributed by atoms with Gasteiger partial charge in [0, 0.05) is 55.2 Å². The minimum absolute atomic E-state index is 0.00222. The van der Waals surface area contributed by atoms with E-state index in [2.05, 4.69) is 30.5 Å². The minimum atomic E-state index is -0.597. The summed E-state index contributed by atoms with van der Waals surface area (Å²) in [5.41, 5.74) is 1.03. The number of benzene rings is 2. The van der Waals surface area contributed by atoms with E-state index in [9.17, 15) is 4.79 Å². The standard InChI is InChI=1S/C30H31FN8O5/c1-30(2,3)44-29(40)38-9-7-19(8-10-38)42-25-12-20-22(13-24(25)41-4)32-15-33-28(20)36-18-5-6-23(21(31)11-18)43-27-14-26-37-35-17-39(26)16-34-27/h5-6,11-17,19H,7-10H2,1-4H3,(H,32,33,36). The summed E-state index contributed by atoms with van der Waals surface area (Å²) < 4.78 is 39.8. The van der Waals surface area contributed by atoms with Gasteiger partial charge in [-0.25, -0.2) is 24.1 Å². The topological polar surface area (TPSA) is 138 Å². The smallest absolute Gasteiger partial charge is 0.410 e. The monoisotopic (exact) mass is 602 g/mol. The van der Waals surface area contributed by atoms with Crippen molar-refractivity contribution in [2.24, 2.45) is 0 Å². The van der Waals surface area contributed by atoms with Gasteiger partial charge < -0.3 is 29.2 Å². The Morgan fingerprint density at radius 2 is 1.82 bits per heavy atom. The van der Waals surface area contributed by atoms with Gasteiger partial charge in [0.1, 0.15) is 36.5 Å². The fraction of sp³-hybridized carbons (Fsp3) is 0.333. The van der Waals surface area contributed by atoms with Gasteiger partial charge in [-0.15, -0.1) is 10.2 Å². The molecule has 1 amide bonds. The van der Waals surface area contributed by atoms with Crippen molar-refractivity contribution in [3.63, 3.8) is 0 Å². The van der Waals surface area contributed by atoms with Crippen molar-refractivity contribution in [3.8, 4) is 23.1 Å². The molecule has 1 saturated heterocycles. The molecule has 13 nitrogen and oxygen atoms in total. The van der Waals surface area contributed by atoms with Gasteiger partial charge in [0.25, 0.3) is 0 Å². The zero-order valence-electron chi connectivity index (χ0n) is 24.7. The molecule has 1 N–H and O–H groups in total. The number of methoxy groups -OCH3 is 1. The molecule has 0 unspecified atom stereocenters.